The third-order valence-corrected chi connectivity index (χ3v) is 7.15. The van der Waals surface area contributed by atoms with Crippen LogP contribution in [0.15, 0.2) is 24.3 Å². The van der Waals surface area contributed by atoms with Gasteiger partial charge < -0.3 is 15.4 Å². The average molecular weight is 471 g/mol. The lowest BCUT2D eigenvalue weighted by molar-refractivity contribution is 0.0943. The summed E-state index contributed by atoms with van der Waals surface area (Å²) >= 11 is 2.69. The van der Waals surface area contributed by atoms with Crippen LogP contribution in [0.5, 0.6) is 5.75 Å². The number of thiophene rings is 1. The molecule has 9 heteroatoms. The van der Waals surface area contributed by atoms with Crippen LogP contribution in [0.25, 0.3) is 0 Å². The van der Waals surface area contributed by atoms with Crippen molar-refractivity contribution < 1.29 is 14.3 Å². The average Bonchev–Trinajstić information content (AvgIpc) is 3.34. The van der Waals surface area contributed by atoms with Crippen molar-refractivity contribution in [3.8, 4) is 5.75 Å². The van der Waals surface area contributed by atoms with Crippen LogP contribution in [0.1, 0.15) is 69.2 Å². The van der Waals surface area contributed by atoms with Crippen LogP contribution in [-0.2, 0) is 19.4 Å². The molecule has 0 fully saturated rings. The molecule has 0 atom stereocenters. The number of aryl methyl sites for hydroxylation is 2. The Morgan fingerprint density at radius 1 is 1.09 bits per heavy atom. The van der Waals surface area contributed by atoms with Crippen LogP contribution in [0.2, 0.25) is 0 Å². The second kappa shape index (κ2) is 9.79. The molecule has 2 heterocycles. The summed E-state index contributed by atoms with van der Waals surface area (Å²) in [4.78, 5) is 27.0. The standard InChI is InChI=1S/C23H26N4O3S2/c1-13(2)24-22(29)20-17-6-4-5-7-19(17)31-23(20)25-21(28)15-8-10-16(11-9-15)30-12-18-14(3)26-32-27-18/h8-11,13H,4-7,12H2,1-3H3,(H,24,29)(H,25,28). The summed E-state index contributed by atoms with van der Waals surface area (Å²) in [7, 11) is 0. The first-order valence-electron chi connectivity index (χ1n) is 10.7. The van der Waals surface area contributed by atoms with Crippen molar-refractivity contribution in [2.75, 3.05) is 5.32 Å². The number of anilines is 1. The van der Waals surface area contributed by atoms with Gasteiger partial charge in [0.25, 0.3) is 11.8 Å². The monoisotopic (exact) mass is 470 g/mol. The van der Waals surface area contributed by atoms with Crippen LogP contribution >= 0.6 is 23.1 Å². The Morgan fingerprint density at radius 3 is 2.53 bits per heavy atom. The van der Waals surface area contributed by atoms with Gasteiger partial charge in [-0.15, -0.1) is 11.3 Å². The predicted octanol–water partition coefficient (Wildman–Crippen LogP) is 4.76. The number of carbonyl (C=O) groups excluding carboxylic acids is 2. The molecule has 0 radical (unpaired) electrons. The van der Waals surface area contributed by atoms with Gasteiger partial charge in [-0.3, -0.25) is 9.59 Å². The van der Waals surface area contributed by atoms with E-state index in [1.165, 1.54) is 16.2 Å². The van der Waals surface area contributed by atoms with Crippen LogP contribution in [0.4, 0.5) is 5.00 Å². The number of hydrogen-bond donors (Lipinski definition) is 2. The van der Waals surface area contributed by atoms with Crippen molar-refractivity contribution in [1.29, 1.82) is 0 Å². The molecule has 4 rings (SSSR count). The minimum atomic E-state index is -0.242. The largest absolute Gasteiger partial charge is 0.487 e. The van der Waals surface area contributed by atoms with Crippen molar-refractivity contribution in [2.24, 2.45) is 0 Å². The number of benzene rings is 1. The van der Waals surface area contributed by atoms with Crippen LogP contribution in [-0.4, -0.2) is 26.6 Å². The van der Waals surface area contributed by atoms with Gasteiger partial charge >= 0.3 is 0 Å². The molecule has 2 aromatic heterocycles. The summed E-state index contributed by atoms with van der Waals surface area (Å²) in [5.41, 5.74) is 3.89. The van der Waals surface area contributed by atoms with Crippen molar-refractivity contribution in [3.05, 3.63) is 57.2 Å². The smallest absolute Gasteiger partial charge is 0.256 e. The first-order valence-corrected chi connectivity index (χ1v) is 12.2. The molecular formula is C23H26N4O3S2. The van der Waals surface area contributed by atoms with Gasteiger partial charge in [0, 0.05) is 16.5 Å². The van der Waals surface area contributed by atoms with Gasteiger partial charge in [-0.05, 0) is 76.3 Å². The normalized spacial score (nSPS) is 13.0. The SMILES string of the molecule is Cc1nsnc1COc1ccc(C(=O)Nc2sc3c(c2C(=O)NC(C)C)CCCC3)cc1. The van der Waals surface area contributed by atoms with Crippen molar-refractivity contribution in [1.82, 2.24) is 14.1 Å². The topological polar surface area (TPSA) is 93.2 Å². The number of amides is 2. The molecule has 0 bridgehead atoms. The number of rotatable bonds is 7. The Morgan fingerprint density at radius 2 is 1.84 bits per heavy atom. The quantitative estimate of drug-likeness (QED) is 0.519. The van der Waals surface area contributed by atoms with Crippen molar-refractivity contribution >= 4 is 39.9 Å². The van der Waals surface area contributed by atoms with E-state index in [9.17, 15) is 9.59 Å². The van der Waals surface area contributed by atoms with Crippen molar-refractivity contribution in [2.45, 2.75) is 59.1 Å². The lowest BCUT2D eigenvalue weighted by Crippen LogP contribution is -2.31. The van der Waals surface area contributed by atoms with E-state index in [1.54, 1.807) is 24.3 Å². The zero-order chi connectivity index (χ0) is 22.7. The molecule has 2 N–H and O–H groups in total. The van der Waals surface area contributed by atoms with Gasteiger partial charge in [0.2, 0.25) is 0 Å². The number of nitrogens with zero attached hydrogens (tertiary/aromatic N) is 2. The molecule has 0 aliphatic heterocycles. The third kappa shape index (κ3) is 4.99. The summed E-state index contributed by atoms with van der Waals surface area (Å²) in [6, 6.07) is 6.99. The second-order valence-electron chi connectivity index (χ2n) is 8.11. The van der Waals surface area contributed by atoms with E-state index in [0.717, 1.165) is 54.4 Å². The van der Waals surface area contributed by atoms with Crippen LogP contribution in [0.3, 0.4) is 0 Å². The number of fused-ring (bicyclic) bond motifs is 1. The van der Waals surface area contributed by atoms with E-state index < -0.39 is 0 Å². The first kappa shape index (κ1) is 22.4. The highest BCUT2D eigenvalue weighted by Crippen LogP contribution is 2.38. The molecule has 0 spiro atoms. The summed E-state index contributed by atoms with van der Waals surface area (Å²) in [6.45, 7) is 6.10. The fraction of sp³-hybridized carbons (Fsp3) is 0.391. The Kier molecular flexibility index (Phi) is 6.86. The third-order valence-electron chi connectivity index (χ3n) is 5.28. The lowest BCUT2D eigenvalue weighted by Gasteiger charge is -2.14. The number of nitrogens with one attached hydrogen (secondary N) is 2. The molecule has 0 saturated carbocycles. The predicted molar refractivity (Wildman–Crippen MR) is 127 cm³/mol. The Balaban J connectivity index is 1.48. The molecule has 32 heavy (non-hydrogen) atoms. The van der Waals surface area contributed by atoms with Gasteiger partial charge in [-0.2, -0.15) is 8.75 Å². The summed E-state index contributed by atoms with van der Waals surface area (Å²) in [5.74, 6) is 0.288. The molecule has 168 valence electrons. The fourth-order valence-corrected chi connectivity index (χ4v) is 5.47. The fourth-order valence-electron chi connectivity index (χ4n) is 3.64. The summed E-state index contributed by atoms with van der Waals surface area (Å²) < 4.78 is 14.1. The molecule has 3 aromatic rings. The van der Waals surface area contributed by atoms with E-state index in [-0.39, 0.29) is 17.9 Å². The minimum absolute atomic E-state index is 0.0292. The molecule has 7 nitrogen and oxygen atoms in total. The van der Waals surface area contributed by atoms with Gasteiger partial charge in [0.1, 0.15) is 23.1 Å². The number of aromatic nitrogens is 2. The number of hydrogen-bond acceptors (Lipinski definition) is 7. The molecule has 1 aromatic carbocycles. The van der Waals surface area contributed by atoms with E-state index in [1.807, 2.05) is 20.8 Å². The van der Waals surface area contributed by atoms with E-state index in [2.05, 4.69) is 19.4 Å². The highest BCUT2D eigenvalue weighted by molar-refractivity contribution is 7.17. The first-order chi connectivity index (χ1) is 15.4. The van der Waals surface area contributed by atoms with E-state index in [0.29, 0.717) is 28.5 Å². The van der Waals surface area contributed by atoms with Crippen molar-refractivity contribution in [3.63, 3.8) is 0 Å². The van der Waals surface area contributed by atoms with Gasteiger partial charge in [0.05, 0.1) is 23.0 Å². The van der Waals surface area contributed by atoms with Crippen LogP contribution < -0.4 is 15.4 Å². The molecular weight excluding hydrogens is 444 g/mol. The number of ether oxygens (including phenoxy) is 1. The zero-order valence-corrected chi connectivity index (χ0v) is 20.0. The molecule has 1 aliphatic rings. The maximum atomic E-state index is 12.9. The maximum absolute atomic E-state index is 12.9. The Bertz CT molecular complexity index is 1120. The van der Waals surface area contributed by atoms with E-state index in [4.69, 9.17) is 4.74 Å². The lowest BCUT2D eigenvalue weighted by atomic mass is 9.95. The Labute approximate surface area is 195 Å². The molecule has 2 amide bonds. The van der Waals surface area contributed by atoms with Gasteiger partial charge in [-0.25, -0.2) is 0 Å². The maximum Gasteiger partial charge on any atom is 0.256 e. The Hall–Kier alpha value is -2.78. The number of carbonyl (C=O) groups is 2. The second-order valence-corrected chi connectivity index (χ2v) is 9.74. The summed E-state index contributed by atoms with van der Waals surface area (Å²) in [5, 5.41) is 6.59. The highest BCUT2D eigenvalue weighted by Gasteiger charge is 2.26. The van der Waals surface area contributed by atoms with Crippen LogP contribution in [0, 0.1) is 6.92 Å². The summed E-state index contributed by atoms with van der Waals surface area (Å²) in [6.07, 6.45) is 4.02. The van der Waals surface area contributed by atoms with Gasteiger partial charge in [-0.1, -0.05) is 0 Å². The zero-order valence-electron chi connectivity index (χ0n) is 18.4. The minimum Gasteiger partial charge on any atom is -0.487 e. The van der Waals surface area contributed by atoms with E-state index >= 15 is 0 Å². The molecule has 0 unspecified atom stereocenters. The molecule has 0 saturated heterocycles. The molecule has 1 aliphatic carbocycles. The van der Waals surface area contributed by atoms with Gasteiger partial charge in [0.15, 0.2) is 0 Å². The highest BCUT2D eigenvalue weighted by atomic mass is 32.1.